The second kappa shape index (κ2) is 14.8. The summed E-state index contributed by atoms with van der Waals surface area (Å²) >= 11 is 13.2. The van der Waals surface area contributed by atoms with Crippen molar-refractivity contribution in [2.24, 2.45) is 0 Å². The maximum atomic E-state index is 14.5. The van der Waals surface area contributed by atoms with Gasteiger partial charge in [0, 0.05) is 48.7 Å². The normalized spacial score (nSPS) is 14.4. The lowest BCUT2D eigenvalue weighted by Crippen LogP contribution is -2.55. The molecule has 0 saturated heterocycles. The van der Waals surface area contributed by atoms with Crippen molar-refractivity contribution < 1.29 is 18.0 Å². The van der Waals surface area contributed by atoms with Crippen LogP contribution in [0.2, 0.25) is 10.0 Å². The largest absolute Gasteiger partial charge is 0.352 e. The van der Waals surface area contributed by atoms with E-state index in [2.05, 4.69) is 5.32 Å². The van der Waals surface area contributed by atoms with E-state index in [1.165, 1.54) is 19.0 Å². The number of amides is 2. The second-order valence-electron chi connectivity index (χ2n) is 11.5. The molecule has 3 aromatic carbocycles. The maximum absolute atomic E-state index is 14.5. The molecule has 1 fully saturated rings. The molecular weight excluding hydrogens is 619 g/mol. The van der Waals surface area contributed by atoms with Gasteiger partial charge in [-0.05, 0) is 61.6 Å². The van der Waals surface area contributed by atoms with Crippen LogP contribution in [0.5, 0.6) is 0 Å². The van der Waals surface area contributed by atoms with Gasteiger partial charge < -0.3 is 10.2 Å². The Bertz CT molecular complexity index is 1560. The Morgan fingerprint density at radius 3 is 2.18 bits per heavy atom. The van der Waals surface area contributed by atoms with Crippen LogP contribution in [0.3, 0.4) is 0 Å². The number of nitrogens with zero attached hydrogens (tertiary/aromatic N) is 3. The van der Waals surface area contributed by atoms with Crippen LogP contribution in [0.4, 0.5) is 5.69 Å². The number of anilines is 1. The zero-order chi connectivity index (χ0) is 32.0. The first-order valence-electron chi connectivity index (χ1n) is 14.7. The lowest BCUT2D eigenvalue weighted by molar-refractivity contribution is -0.140. The minimum atomic E-state index is -4.11. The van der Waals surface area contributed by atoms with E-state index in [0.717, 1.165) is 45.4 Å². The predicted molar refractivity (Wildman–Crippen MR) is 177 cm³/mol. The van der Waals surface area contributed by atoms with Crippen molar-refractivity contribution in [1.29, 1.82) is 0 Å². The minimum Gasteiger partial charge on any atom is -0.352 e. The third-order valence-electron chi connectivity index (χ3n) is 8.01. The number of carbonyl (C=O) groups is 2. The summed E-state index contributed by atoms with van der Waals surface area (Å²) in [6.07, 6.45) is 4.01. The predicted octanol–water partition coefficient (Wildman–Crippen LogP) is 5.92. The van der Waals surface area contributed by atoms with Gasteiger partial charge in [0.25, 0.3) is 0 Å². The van der Waals surface area contributed by atoms with Gasteiger partial charge in [-0.25, -0.2) is 4.31 Å². The molecule has 0 aromatic heterocycles. The standard InChI is InChI=1S/C33H40Cl2N4O4S/c1-23-17-18-24(2)30(19-23)39(44(42,43)37(3)4)22-32(40)38(21-27-28(34)15-10-16-29(27)35)31(20-25-11-6-5-7-12-25)33(41)36-26-13-8-9-14-26/h5-7,10-12,15-19,26,31H,8-9,13-14,20-22H2,1-4H3,(H,36,41)/t31-/m0/s1. The van der Waals surface area contributed by atoms with E-state index in [9.17, 15) is 18.0 Å². The fourth-order valence-corrected chi connectivity index (χ4v) is 7.10. The number of carbonyl (C=O) groups excluding carboxylic acids is 2. The molecule has 0 heterocycles. The number of halogens is 2. The Morgan fingerprint density at radius 2 is 1.57 bits per heavy atom. The third-order valence-corrected chi connectivity index (χ3v) is 10.5. The van der Waals surface area contributed by atoms with Gasteiger partial charge in [0.2, 0.25) is 11.8 Å². The molecule has 1 aliphatic rings. The summed E-state index contributed by atoms with van der Waals surface area (Å²) in [4.78, 5) is 30.0. The van der Waals surface area contributed by atoms with Gasteiger partial charge in [-0.15, -0.1) is 0 Å². The summed E-state index contributed by atoms with van der Waals surface area (Å²) in [6.45, 7) is 3.04. The molecule has 0 spiro atoms. The van der Waals surface area contributed by atoms with Gasteiger partial charge in [0.1, 0.15) is 12.6 Å². The fraction of sp³-hybridized carbons (Fsp3) is 0.394. The molecule has 0 unspecified atom stereocenters. The summed E-state index contributed by atoms with van der Waals surface area (Å²) < 4.78 is 29.6. The molecule has 1 aliphatic carbocycles. The molecular formula is C33H40Cl2N4O4S. The van der Waals surface area contributed by atoms with E-state index in [-0.39, 0.29) is 24.9 Å². The molecule has 1 N–H and O–H groups in total. The first-order valence-corrected chi connectivity index (χ1v) is 16.9. The van der Waals surface area contributed by atoms with E-state index in [0.29, 0.717) is 26.9 Å². The number of hydrogen-bond donors (Lipinski definition) is 1. The van der Waals surface area contributed by atoms with E-state index in [1.807, 2.05) is 49.4 Å². The monoisotopic (exact) mass is 658 g/mol. The lowest BCUT2D eigenvalue weighted by atomic mass is 10.0. The fourth-order valence-electron chi connectivity index (χ4n) is 5.47. The van der Waals surface area contributed by atoms with Gasteiger partial charge in [-0.2, -0.15) is 12.7 Å². The number of rotatable bonds is 12. The van der Waals surface area contributed by atoms with E-state index in [1.54, 1.807) is 31.2 Å². The van der Waals surface area contributed by atoms with Crippen molar-refractivity contribution in [3.05, 3.63) is 99.0 Å². The molecule has 3 aromatic rings. The topological polar surface area (TPSA) is 90.0 Å². The smallest absolute Gasteiger partial charge is 0.304 e. The Morgan fingerprint density at radius 1 is 0.932 bits per heavy atom. The van der Waals surface area contributed by atoms with Crippen LogP contribution in [-0.2, 0) is 32.8 Å². The number of nitrogens with one attached hydrogen (secondary N) is 1. The van der Waals surface area contributed by atoms with Crippen molar-refractivity contribution in [2.45, 2.75) is 64.6 Å². The molecule has 11 heteroatoms. The average Bonchev–Trinajstić information content (AvgIpc) is 3.49. The number of benzene rings is 3. The van der Waals surface area contributed by atoms with Crippen LogP contribution in [0.15, 0.2) is 66.7 Å². The molecule has 1 saturated carbocycles. The van der Waals surface area contributed by atoms with Crippen molar-refractivity contribution in [2.75, 3.05) is 24.9 Å². The molecule has 1 atom stereocenters. The lowest BCUT2D eigenvalue weighted by Gasteiger charge is -2.35. The van der Waals surface area contributed by atoms with Crippen LogP contribution < -0.4 is 9.62 Å². The molecule has 0 bridgehead atoms. The summed E-state index contributed by atoms with van der Waals surface area (Å²) in [7, 11) is -1.26. The van der Waals surface area contributed by atoms with Crippen LogP contribution >= 0.6 is 23.2 Å². The maximum Gasteiger partial charge on any atom is 0.304 e. The molecule has 2 amide bonds. The third kappa shape index (κ3) is 8.13. The molecule has 44 heavy (non-hydrogen) atoms. The molecule has 236 valence electrons. The van der Waals surface area contributed by atoms with E-state index in [4.69, 9.17) is 23.2 Å². The molecule has 4 rings (SSSR count). The van der Waals surface area contributed by atoms with Gasteiger partial charge in [0.15, 0.2) is 0 Å². The van der Waals surface area contributed by atoms with Gasteiger partial charge >= 0.3 is 10.2 Å². The Balaban J connectivity index is 1.81. The van der Waals surface area contributed by atoms with Crippen LogP contribution in [0.25, 0.3) is 0 Å². The summed E-state index contributed by atoms with van der Waals surface area (Å²) in [5.41, 5.74) is 3.25. The number of aryl methyl sites for hydroxylation is 2. The van der Waals surface area contributed by atoms with Crippen LogP contribution in [-0.4, -0.2) is 62.2 Å². The van der Waals surface area contributed by atoms with Gasteiger partial charge in [0.05, 0.1) is 5.69 Å². The minimum absolute atomic E-state index is 0.0159. The highest BCUT2D eigenvalue weighted by Gasteiger charge is 2.36. The van der Waals surface area contributed by atoms with Crippen molar-refractivity contribution in [3.63, 3.8) is 0 Å². The zero-order valence-electron chi connectivity index (χ0n) is 25.6. The highest BCUT2D eigenvalue weighted by atomic mass is 35.5. The molecule has 0 radical (unpaired) electrons. The first-order chi connectivity index (χ1) is 20.9. The highest BCUT2D eigenvalue weighted by Crippen LogP contribution is 2.30. The highest BCUT2D eigenvalue weighted by molar-refractivity contribution is 7.90. The van der Waals surface area contributed by atoms with E-state index < -0.39 is 28.7 Å². The van der Waals surface area contributed by atoms with Crippen molar-refractivity contribution >= 4 is 50.9 Å². The van der Waals surface area contributed by atoms with Crippen LogP contribution in [0, 0.1) is 13.8 Å². The molecule has 8 nitrogen and oxygen atoms in total. The summed E-state index contributed by atoms with van der Waals surface area (Å²) in [6, 6.07) is 19.0. The Labute approximate surface area is 271 Å². The Kier molecular flexibility index (Phi) is 11.3. The first kappa shape index (κ1) is 33.8. The SMILES string of the molecule is Cc1ccc(C)c(N(CC(=O)N(Cc2c(Cl)cccc2Cl)[C@@H](Cc2ccccc2)C(=O)NC2CCCC2)S(=O)(=O)N(C)C)c1. The van der Waals surface area contributed by atoms with Gasteiger partial charge in [-0.1, -0.05) is 84.6 Å². The van der Waals surface area contributed by atoms with Crippen molar-refractivity contribution in [3.8, 4) is 0 Å². The number of hydrogen-bond acceptors (Lipinski definition) is 4. The quantitative estimate of drug-likeness (QED) is 0.262. The molecule has 0 aliphatic heterocycles. The van der Waals surface area contributed by atoms with Gasteiger partial charge in [-0.3, -0.25) is 9.59 Å². The average molecular weight is 660 g/mol. The van der Waals surface area contributed by atoms with E-state index >= 15 is 0 Å². The van der Waals surface area contributed by atoms with Crippen LogP contribution in [0.1, 0.15) is 47.9 Å². The summed E-state index contributed by atoms with van der Waals surface area (Å²) in [5.74, 6) is -0.860. The Hall–Kier alpha value is -3.11. The second-order valence-corrected chi connectivity index (χ2v) is 14.4. The zero-order valence-corrected chi connectivity index (χ0v) is 27.9. The summed E-state index contributed by atoms with van der Waals surface area (Å²) in [5, 5.41) is 3.85. The van der Waals surface area contributed by atoms with Crippen molar-refractivity contribution in [1.82, 2.24) is 14.5 Å².